The zero-order valence-corrected chi connectivity index (χ0v) is 22.5. The molecule has 39 heavy (non-hydrogen) atoms. The van der Waals surface area contributed by atoms with Crippen molar-refractivity contribution in [3.8, 4) is 28.2 Å². The minimum Gasteiger partial charge on any atom is -0.506 e. The molecule has 1 amide bonds. The summed E-state index contributed by atoms with van der Waals surface area (Å²) in [5.41, 5.74) is 18.4. The van der Waals surface area contributed by atoms with Gasteiger partial charge < -0.3 is 20.0 Å². The standard InChI is InChI=1S/C28H18IN5O5/c1-38-28(37)17-5-3-2-4-16(17)24-18-8-6-14(30)12-22(18)39-23-13-15(7-9-19(23)24)32-27(36)20-10-11-21(33-34-31)25(29)26(20)35/h2-13,35H,30H2,1H3/p+1. The number of carbonyl (C=O) groups is 2. The van der Waals surface area contributed by atoms with Gasteiger partial charge in [0.25, 0.3) is 0 Å². The van der Waals surface area contributed by atoms with Gasteiger partial charge in [0.15, 0.2) is 0 Å². The van der Waals surface area contributed by atoms with Crippen LogP contribution in [0.25, 0.3) is 43.9 Å². The number of phenolic OH excluding ortho intramolecular Hbond substituents is 1. The van der Waals surface area contributed by atoms with E-state index in [0.29, 0.717) is 39.1 Å². The second-order valence-electron chi connectivity index (χ2n) is 8.42. The number of carbonyl (C=O) groups excluding carboxylic acids is 2. The van der Waals surface area contributed by atoms with Crippen LogP contribution in [0.4, 0.5) is 11.4 Å². The van der Waals surface area contributed by atoms with E-state index in [4.69, 9.17) is 20.4 Å². The third-order valence-electron chi connectivity index (χ3n) is 6.10. The Hall–Kier alpha value is -4.87. The van der Waals surface area contributed by atoms with Crippen molar-refractivity contribution in [2.45, 2.75) is 0 Å². The fourth-order valence-corrected chi connectivity index (χ4v) is 4.90. The van der Waals surface area contributed by atoms with E-state index < -0.39 is 11.9 Å². The van der Waals surface area contributed by atoms with Gasteiger partial charge in [0.2, 0.25) is 5.36 Å². The number of esters is 1. The average Bonchev–Trinajstić information content (AvgIpc) is 2.93. The normalized spacial score (nSPS) is 11.4. The molecule has 2 aliphatic rings. The van der Waals surface area contributed by atoms with E-state index in [2.05, 4.69) is 15.0 Å². The fourth-order valence-electron chi connectivity index (χ4n) is 4.32. The Labute approximate surface area is 234 Å². The van der Waals surface area contributed by atoms with Gasteiger partial charge >= 0.3 is 11.9 Å². The number of azide groups is 1. The lowest BCUT2D eigenvalue weighted by molar-refractivity contribution is -0.391. The lowest BCUT2D eigenvalue weighted by Gasteiger charge is -2.17. The monoisotopic (exact) mass is 632 g/mol. The van der Waals surface area contributed by atoms with Crippen LogP contribution >= 0.6 is 22.6 Å². The van der Waals surface area contributed by atoms with Crippen LogP contribution in [-0.4, -0.2) is 24.1 Å². The van der Waals surface area contributed by atoms with Gasteiger partial charge in [-0.1, -0.05) is 29.4 Å². The van der Waals surface area contributed by atoms with Crippen LogP contribution in [0, 0.1) is 3.57 Å². The molecule has 0 unspecified atom stereocenters. The Morgan fingerprint density at radius 1 is 1.05 bits per heavy atom. The molecule has 0 spiro atoms. The highest BCUT2D eigenvalue weighted by molar-refractivity contribution is 14.1. The van der Waals surface area contributed by atoms with Crippen molar-refractivity contribution in [1.29, 1.82) is 0 Å². The number of anilines is 1. The molecule has 0 saturated carbocycles. The Morgan fingerprint density at radius 2 is 1.85 bits per heavy atom. The molecule has 192 valence electrons. The highest BCUT2D eigenvalue weighted by atomic mass is 127. The van der Waals surface area contributed by atoms with Crippen LogP contribution in [0.1, 0.15) is 20.7 Å². The van der Waals surface area contributed by atoms with Crippen molar-refractivity contribution in [3.05, 3.63) is 103 Å². The maximum absolute atomic E-state index is 13.0. The number of methoxy groups -OCH3 is 1. The van der Waals surface area contributed by atoms with Gasteiger partial charge in [0.1, 0.15) is 22.7 Å². The molecule has 0 aromatic heterocycles. The van der Waals surface area contributed by atoms with Crippen LogP contribution in [0.3, 0.4) is 0 Å². The largest absolute Gasteiger partial charge is 0.506 e. The number of ether oxygens (including phenoxy) is 1. The van der Waals surface area contributed by atoms with Crippen molar-refractivity contribution < 1.29 is 28.8 Å². The summed E-state index contributed by atoms with van der Waals surface area (Å²) >= 11 is 1.81. The SMILES string of the molecule is COC(=O)c1ccccc1-c1c2ccc(=[NH+]C(=O)c3ccc(N=[N+]=[N-])c(I)c3O)cc-2oc2cc(N)ccc12. The highest BCUT2D eigenvalue weighted by Gasteiger charge is 2.23. The maximum atomic E-state index is 13.0. The Morgan fingerprint density at radius 3 is 2.62 bits per heavy atom. The molecule has 0 bridgehead atoms. The number of rotatable bonds is 4. The minimum absolute atomic E-state index is 0.00676. The third kappa shape index (κ3) is 4.76. The molecule has 4 N–H and O–H groups in total. The summed E-state index contributed by atoms with van der Waals surface area (Å²) in [6, 6.07) is 20.3. The Kier molecular flexibility index (Phi) is 6.92. The van der Waals surface area contributed by atoms with Crippen molar-refractivity contribution in [2.24, 2.45) is 5.11 Å². The number of hydrogen-bond donors (Lipinski definition) is 3. The first kappa shape index (κ1) is 25.8. The Balaban J connectivity index is 1.72. The van der Waals surface area contributed by atoms with Crippen molar-refractivity contribution in [2.75, 3.05) is 12.8 Å². The van der Waals surface area contributed by atoms with Gasteiger partial charge in [-0.15, -0.1) is 0 Å². The van der Waals surface area contributed by atoms with E-state index in [-0.39, 0.29) is 20.6 Å². The number of halogens is 1. The van der Waals surface area contributed by atoms with Crippen molar-refractivity contribution in [3.63, 3.8) is 0 Å². The number of amides is 1. The van der Waals surface area contributed by atoms with Crippen LogP contribution < -0.4 is 16.1 Å². The van der Waals surface area contributed by atoms with Gasteiger partial charge in [0.05, 0.1) is 28.0 Å². The maximum Gasteiger partial charge on any atom is 0.422 e. The van der Waals surface area contributed by atoms with Gasteiger partial charge in [-0.05, 0) is 64.0 Å². The lowest BCUT2D eigenvalue weighted by atomic mass is 9.90. The van der Waals surface area contributed by atoms with E-state index >= 15 is 0 Å². The number of nitrogen functional groups attached to an aromatic ring is 1. The van der Waals surface area contributed by atoms with Crippen LogP contribution in [0.5, 0.6) is 5.75 Å². The van der Waals surface area contributed by atoms with Gasteiger partial charge in [-0.3, -0.25) is 0 Å². The average molecular weight is 632 g/mol. The van der Waals surface area contributed by atoms with Gasteiger partial charge in [0, 0.05) is 39.2 Å². The molecule has 10 nitrogen and oxygen atoms in total. The second-order valence-corrected chi connectivity index (χ2v) is 9.50. The first-order chi connectivity index (χ1) is 18.8. The molecule has 1 aliphatic carbocycles. The van der Waals surface area contributed by atoms with Crippen LogP contribution in [-0.2, 0) is 4.74 Å². The predicted octanol–water partition coefficient (Wildman–Crippen LogP) is 4.65. The van der Waals surface area contributed by atoms with Crippen LogP contribution in [0.15, 0.2) is 82.3 Å². The molecule has 1 aliphatic heterocycles. The molecule has 0 atom stereocenters. The number of aromatic hydroxyl groups is 1. The molecule has 3 aromatic rings. The summed E-state index contributed by atoms with van der Waals surface area (Å²) in [4.78, 5) is 31.1. The first-order valence-electron chi connectivity index (χ1n) is 11.5. The summed E-state index contributed by atoms with van der Waals surface area (Å²) in [6.07, 6.45) is 0. The number of hydrogen-bond acceptors (Lipinski definition) is 7. The molecular formula is C28H19IN5O5+. The molecule has 11 heteroatoms. The highest BCUT2D eigenvalue weighted by Crippen LogP contribution is 2.41. The zero-order chi connectivity index (χ0) is 27.7. The van der Waals surface area contributed by atoms with E-state index in [1.807, 2.05) is 18.2 Å². The lowest BCUT2D eigenvalue weighted by Crippen LogP contribution is -2.80. The molecule has 1 heterocycles. The summed E-state index contributed by atoms with van der Waals surface area (Å²) in [5.74, 6) is -0.920. The van der Waals surface area contributed by atoms with E-state index in [0.717, 1.165) is 10.9 Å². The number of nitrogens with two attached hydrogens (primary N) is 1. The number of phenols is 1. The molecule has 0 saturated heterocycles. The van der Waals surface area contributed by atoms with Gasteiger partial charge in [-0.2, -0.15) is 4.99 Å². The zero-order valence-electron chi connectivity index (χ0n) is 20.3. The fraction of sp³-hybridized carbons (Fsp3) is 0.0357. The molecule has 0 fully saturated rings. The van der Waals surface area contributed by atoms with E-state index in [1.54, 1.807) is 65.1 Å². The molecule has 3 aromatic carbocycles. The first-order valence-corrected chi connectivity index (χ1v) is 12.5. The van der Waals surface area contributed by atoms with Gasteiger partial charge in [-0.25, -0.2) is 9.59 Å². The number of nitrogens with zero attached hydrogens (tertiary/aromatic N) is 3. The topological polar surface area (TPSA) is 165 Å². The predicted molar refractivity (Wildman–Crippen MR) is 152 cm³/mol. The molecular weight excluding hydrogens is 613 g/mol. The summed E-state index contributed by atoms with van der Waals surface area (Å²) in [7, 11) is 1.33. The quantitative estimate of drug-likeness (QED) is 0.0497. The number of fused-ring (bicyclic) bond motifs is 2. The Bertz CT molecular complexity index is 1890. The van der Waals surface area contributed by atoms with Crippen LogP contribution in [0.2, 0.25) is 0 Å². The smallest absolute Gasteiger partial charge is 0.422 e. The van der Waals surface area contributed by atoms with E-state index in [1.165, 1.54) is 19.2 Å². The minimum atomic E-state index is -0.571. The third-order valence-corrected chi connectivity index (χ3v) is 7.16. The van der Waals surface area contributed by atoms with E-state index in [9.17, 15) is 14.7 Å². The second kappa shape index (κ2) is 10.5. The van der Waals surface area contributed by atoms with Crippen molar-refractivity contribution >= 4 is 56.8 Å². The number of benzene rings is 4. The number of nitrogens with one attached hydrogen (secondary N) is 1. The summed E-state index contributed by atoms with van der Waals surface area (Å²) in [6.45, 7) is 0. The molecule has 0 radical (unpaired) electrons. The van der Waals surface area contributed by atoms with Crippen molar-refractivity contribution in [1.82, 2.24) is 0 Å². The summed E-state index contributed by atoms with van der Waals surface area (Å²) < 4.78 is 11.5. The molecule has 5 rings (SSSR count). The summed E-state index contributed by atoms with van der Waals surface area (Å²) in [5, 5.41) is 15.2.